The number of thiophene rings is 1. The van der Waals surface area contributed by atoms with Gasteiger partial charge in [-0.1, -0.05) is 6.07 Å². The first-order chi connectivity index (χ1) is 6.68. The molecule has 1 fully saturated rings. The van der Waals surface area contributed by atoms with Crippen LogP contribution in [0.3, 0.4) is 0 Å². The van der Waals surface area contributed by atoms with E-state index in [1.807, 2.05) is 0 Å². The van der Waals surface area contributed by atoms with Crippen molar-refractivity contribution >= 4 is 21.2 Å². The maximum atomic E-state index is 11.7. The van der Waals surface area contributed by atoms with E-state index in [4.69, 9.17) is 0 Å². The smallest absolute Gasteiger partial charge is 0.188 e. The minimum absolute atomic E-state index is 0.212. The van der Waals surface area contributed by atoms with E-state index in [1.54, 1.807) is 17.5 Å². The minimum atomic E-state index is -3.03. The first-order valence-electron chi connectivity index (χ1n) is 4.68. The summed E-state index contributed by atoms with van der Waals surface area (Å²) in [5.41, 5.74) is 0. The second-order valence-electron chi connectivity index (χ2n) is 3.48. The Bertz CT molecular complexity index is 379. The fourth-order valence-electron chi connectivity index (χ4n) is 1.23. The van der Waals surface area contributed by atoms with Gasteiger partial charge in [0.25, 0.3) is 0 Å². The van der Waals surface area contributed by atoms with Crippen molar-refractivity contribution in [1.82, 2.24) is 5.32 Å². The molecule has 0 aromatic carbocycles. The molecule has 5 heteroatoms. The van der Waals surface area contributed by atoms with E-state index in [1.165, 1.54) is 24.2 Å². The second-order valence-corrected chi connectivity index (χ2v) is 6.76. The second kappa shape index (κ2) is 4.00. The Morgan fingerprint density at radius 2 is 2.29 bits per heavy atom. The summed E-state index contributed by atoms with van der Waals surface area (Å²) in [6, 6.07) is 4.01. The van der Waals surface area contributed by atoms with E-state index in [-0.39, 0.29) is 5.75 Å². The van der Waals surface area contributed by atoms with Crippen molar-refractivity contribution in [3.05, 3.63) is 17.5 Å². The van der Waals surface area contributed by atoms with Crippen LogP contribution in [-0.2, 0) is 9.84 Å². The SMILES string of the molecule is O=S(=O)(CCNC1CC1)c1cccs1. The van der Waals surface area contributed by atoms with Gasteiger partial charge in [-0.15, -0.1) is 11.3 Å². The molecule has 0 unspecified atom stereocenters. The lowest BCUT2D eigenvalue weighted by molar-refractivity contribution is 0.592. The lowest BCUT2D eigenvalue weighted by Gasteiger charge is -2.02. The Kier molecular flexibility index (Phi) is 2.90. The lowest BCUT2D eigenvalue weighted by Crippen LogP contribution is -2.24. The van der Waals surface area contributed by atoms with E-state index in [0.717, 1.165) is 0 Å². The molecular weight excluding hydrogens is 218 g/mol. The Hall–Kier alpha value is -0.390. The third kappa shape index (κ3) is 2.56. The van der Waals surface area contributed by atoms with E-state index >= 15 is 0 Å². The lowest BCUT2D eigenvalue weighted by atomic mass is 10.6. The highest BCUT2D eigenvalue weighted by atomic mass is 32.2. The predicted octanol–water partition coefficient (Wildman–Crippen LogP) is 1.27. The molecule has 1 N–H and O–H groups in total. The van der Waals surface area contributed by atoms with Crippen LogP contribution < -0.4 is 5.32 Å². The van der Waals surface area contributed by atoms with E-state index < -0.39 is 9.84 Å². The molecule has 1 aliphatic rings. The van der Waals surface area contributed by atoms with Gasteiger partial charge in [0.1, 0.15) is 4.21 Å². The van der Waals surface area contributed by atoms with Gasteiger partial charge in [-0.3, -0.25) is 0 Å². The third-order valence-electron chi connectivity index (χ3n) is 2.18. The molecular formula is C9H13NO2S2. The molecule has 14 heavy (non-hydrogen) atoms. The summed E-state index contributed by atoms with van der Waals surface area (Å²) in [6.45, 7) is 0.574. The molecule has 1 aromatic heterocycles. The van der Waals surface area contributed by atoms with Crippen molar-refractivity contribution in [1.29, 1.82) is 0 Å². The van der Waals surface area contributed by atoms with Crippen LogP contribution in [-0.4, -0.2) is 26.8 Å². The molecule has 78 valence electrons. The largest absolute Gasteiger partial charge is 0.313 e. The summed E-state index contributed by atoms with van der Waals surface area (Å²) in [4.78, 5) is 0. The van der Waals surface area contributed by atoms with Crippen molar-refractivity contribution in [2.45, 2.75) is 23.1 Å². The monoisotopic (exact) mass is 231 g/mol. The van der Waals surface area contributed by atoms with Gasteiger partial charge < -0.3 is 5.32 Å². The fourth-order valence-corrected chi connectivity index (χ4v) is 3.55. The van der Waals surface area contributed by atoms with Crippen LogP contribution in [0.5, 0.6) is 0 Å². The Labute approximate surface area is 88.1 Å². The predicted molar refractivity (Wildman–Crippen MR) is 57.4 cm³/mol. The van der Waals surface area contributed by atoms with E-state index in [2.05, 4.69) is 5.32 Å². The van der Waals surface area contributed by atoms with Crippen LogP contribution in [0, 0.1) is 0 Å². The van der Waals surface area contributed by atoms with E-state index in [9.17, 15) is 8.42 Å². The number of rotatable bonds is 5. The molecule has 2 rings (SSSR count). The van der Waals surface area contributed by atoms with Gasteiger partial charge in [0, 0.05) is 12.6 Å². The molecule has 0 aliphatic heterocycles. The molecule has 1 saturated carbocycles. The van der Waals surface area contributed by atoms with Gasteiger partial charge in [-0.25, -0.2) is 8.42 Å². The average molecular weight is 231 g/mol. The summed E-state index contributed by atoms with van der Waals surface area (Å²) >= 11 is 1.29. The molecule has 0 radical (unpaired) electrons. The molecule has 1 aromatic rings. The zero-order valence-corrected chi connectivity index (χ0v) is 9.40. The summed E-state index contributed by atoms with van der Waals surface area (Å²) in [5, 5.41) is 4.99. The molecule has 0 saturated heterocycles. The van der Waals surface area contributed by atoms with Crippen LogP contribution in [0.2, 0.25) is 0 Å². The molecule has 0 atom stereocenters. The van der Waals surface area contributed by atoms with Crippen molar-refractivity contribution < 1.29 is 8.42 Å². The van der Waals surface area contributed by atoms with Crippen molar-refractivity contribution in [2.75, 3.05) is 12.3 Å². The van der Waals surface area contributed by atoms with Crippen molar-refractivity contribution in [3.63, 3.8) is 0 Å². The third-order valence-corrected chi connectivity index (χ3v) is 5.39. The number of hydrogen-bond acceptors (Lipinski definition) is 4. The highest BCUT2D eigenvalue weighted by molar-refractivity contribution is 7.93. The highest BCUT2D eigenvalue weighted by Gasteiger charge is 2.22. The summed E-state index contributed by atoms with van der Waals surface area (Å²) < 4.78 is 23.8. The Morgan fingerprint density at radius 3 is 2.86 bits per heavy atom. The van der Waals surface area contributed by atoms with Gasteiger partial charge in [0.05, 0.1) is 5.75 Å². The molecule has 0 amide bonds. The average Bonchev–Trinajstić information content (AvgIpc) is 2.80. The zero-order chi connectivity index (χ0) is 10.0. The first-order valence-corrected chi connectivity index (χ1v) is 7.21. The minimum Gasteiger partial charge on any atom is -0.313 e. The highest BCUT2D eigenvalue weighted by Crippen LogP contribution is 2.19. The topological polar surface area (TPSA) is 46.2 Å². The maximum absolute atomic E-state index is 11.7. The summed E-state index contributed by atoms with van der Waals surface area (Å²) in [7, 11) is -3.03. The molecule has 1 aliphatic carbocycles. The Morgan fingerprint density at radius 1 is 1.50 bits per heavy atom. The van der Waals surface area contributed by atoms with Crippen molar-refractivity contribution in [3.8, 4) is 0 Å². The Balaban J connectivity index is 1.88. The number of nitrogens with one attached hydrogen (secondary N) is 1. The van der Waals surface area contributed by atoms with Crippen LogP contribution in [0.25, 0.3) is 0 Å². The van der Waals surface area contributed by atoms with Crippen LogP contribution in [0.1, 0.15) is 12.8 Å². The number of sulfone groups is 1. The van der Waals surface area contributed by atoms with Gasteiger partial charge in [0.15, 0.2) is 9.84 Å². The maximum Gasteiger partial charge on any atom is 0.188 e. The van der Waals surface area contributed by atoms with Crippen molar-refractivity contribution in [2.24, 2.45) is 0 Å². The van der Waals surface area contributed by atoms with Crippen LogP contribution in [0.15, 0.2) is 21.7 Å². The fraction of sp³-hybridized carbons (Fsp3) is 0.556. The van der Waals surface area contributed by atoms with Crippen LogP contribution in [0.4, 0.5) is 0 Å². The normalized spacial score (nSPS) is 17.1. The van der Waals surface area contributed by atoms with Gasteiger partial charge >= 0.3 is 0 Å². The van der Waals surface area contributed by atoms with Gasteiger partial charge in [0.2, 0.25) is 0 Å². The van der Waals surface area contributed by atoms with Gasteiger partial charge in [-0.05, 0) is 24.3 Å². The molecule has 0 bridgehead atoms. The quantitative estimate of drug-likeness (QED) is 0.830. The molecule has 0 spiro atoms. The first kappa shape index (κ1) is 10.1. The molecule has 1 heterocycles. The van der Waals surface area contributed by atoms with E-state index in [0.29, 0.717) is 16.8 Å². The zero-order valence-electron chi connectivity index (χ0n) is 7.77. The van der Waals surface area contributed by atoms with Crippen LogP contribution >= 0.6 is 11.3 Å². The summed E-state index contributed by atoms with van der Waals surface area (Å²) in [6.07, 6.45) is 2.39. The number of hydrogen-bond donors (Lipinski definition) is 1. The van der Waals surface area contributed by atoms with Gasteiger partial charge in [-0.2, -0.15) is 0 Å². The molecule has 3 nitrogen and oxygen atoms in total. The standard InChI is InChI=1S/C9H13NO2S2/c11-14(12,9-2-1-6-13-9)7-5-10-8-3-4-8/h1-2,6,8,10H,3-5,7H2. The summed E-state index contributed by atoms with van der Waals surface area (Å²) in [5.74, 6) is 0.212.